The molecule has 7 nitrogen and oxygen atoms in total. The molecule has 1 rings (SSSR count). The summed E-state index contributed by atoms with van der Waals surface area (Å²) < 4.78 is 0. The minimum Gasteiger partial charge on any atom is -0.387 e. The SMILES string of the molecule is OC1CCCCCCCCCCCCCCCCCCCCCCCCCC(O)(O)C(O)(O)C1(O)O. The van der Waals surface area contributed by atoms with Gasteiger partial charge in [-0.1, -0.05) is 141 Å². The Balaban J connectivity index is 2.49. The van der Waals surface area contributed by atoms with E-state index in [2.05, 4.69) is 0 Å². The van der Waals surface area contributed by atoms with Crippen molar-refractivity contribution in [3.63, 3.8) is 0 Å². The molecule has 36 heavy (non-hydrogen) atoms. The van der Waals surface area contributed by atoms with E-state index in [1.54, 1.807) is 0 Å². The second-order valence-corrected chi connectivity index (χ2v) is 11.4. The molecule has 0 heterocycles. The quantitative estimate of drug-likeness (QED) is 0.220. The van der Waals surface area contributed by atoms with Gasteiger partial charge in [0.2, 0.25) is 5.79 Å². The molecule has 0 aliphatic heterocycles. The number of aliphatic hydroxyl groups is 7. The topological polar surface area (TPSA) is 142 Å². The Labute approximate surface area is 220 Å². The first-order valence-corrected chi connectivity index (χ1v) is 15.2. The Hall–Kier alpha value is -0.280. The van der Waals surface area contributed by atoms with Crippen LogP contribution in [0.2, 0.25) is 0 Å². The van der Waals surface area contributed by atoms with Crippen LogP contribution >= 0.6 is 0 Å². The molecule has 1 aliphatic carbocycles. The van der Waals surface area contributed by atoms with Gasteiger partial charge in [0.25, 0.3) is 11.6 Å². The average Bonchev–Trinajstić information content (AvgIpc) is 2.83. The molecule has 0 bridgehead atoms. The number of hydrogen-bond acceptors (Lipinski definition) is 7. The summed E-state index contributed by atoms with van der Waals surface area (Å²) in [6.45, 7) is 0. The van der Waals surface area contributed by atoms with Gasteiger partial charge in [-0.05, 0) is 12.8 Å². The summed E-state index contributed by atoms with van der Waals surface area (Å²) in [6, 6.07) is 0. The lowest BCUT2D eigenvalue weighted by molar-refractivity contribution is -0.467. The summed E-state index contributed by atoms with van der Waals surface area (Å²) in [5.74, 6) is -10.3. The van der Waals surface area contributed by atoms with Crippen LogP contribution in [0.15, 0.2) is 0 Å². The standard InChI is InChI=1S/C29H58O7/c30-26-24-22-20-18-16-14-12-10-8-6-4-2-1-3-5-7-9-11-13-15-17-19-21-23-25-27(31,32)29(35,36)28(26,33)34/h26,30-36H,1-25H2. The summed E-state index contributed by atoms with van der Waals surface area (Å²) in [6.07, 6.45) is 23.1. The maximum Gasteiger partial charge on any atom is 0.276 e. The zero-order valence-corrected chi connectivity index (χ0v) is 22.9. The predicted molar refractivity (Wildman–Crippen MR) is 143 cm³/mol. The Bertz CT molecular complexity index is 522. The van der Waals surface area contributed by atoms with Crippen molar-refractivity contribution in [3.8, 4) is 0 Å². The van der Waals surface area contributed by atoms with Gasteiger partial charge in [-0.2, -0.15) is 0 Å². The maximum atomic E-state index is 10.3. The van der Waals surface area contributed by atoms with Gasteiger partial charge in [0.15, 0.2) is 0 Å². The molecule has 1 atom stereocenters. The van der Waals surface area contributed by atoms with Crippen LogP contribution in [0.4, 0.5) is 0 Å². The second-order valence-electron chi connectivity index (χ2n) is 11.4. The van der Waals surface area contributed by atoms with Crippen LogP contribution in [0.25, 0.3) is 0 Å². The van der Waals surface area contributed by atoms with Gasteiger partial charge in [0.05, 0.1) is 0 Å². The Morgan fingerprint density at radius 3 is 0.917 bits per heavy atom. The highest BCUT2D eigenvalue weighted by atomic mass is 16.7. The number of aliphatic hydroxyl groups excluding tert-OH is 1. The van der Waals surface area contributed by atoms with Crippen LogP contribution in [0.5, 0.6) is 0 Å². The van der Waals surface area contributed by atoms with E-state index in [9.17, 15) is 35.7 Å². The van der Waals surface area contributed by atoms with Crippen LogP contribution in [0, 0.1) is 0 Å². The predicted octanol–water partition coefficient (Wildman–Crippen LogP) is 5.16. The normalized spacial score (nSPS) is 28.2. The van der Waals surface area contributed by atoms with Gasteiger partial charge in [-0.3, -0.25) is 0 Å². The molecule has 0 amide bonds. The lowest BCUT2D eigenvalue weighted by Gasteiger charge is -2.44. The second kappa shape index (κ2) is 18.9. The van der Waals surface area contributed by atoms with Crippen molar-refractivity contribution in [1.82, 2.24) is 0 Å². The van der Waals surface area contributed by atoms with Gasteiger partial charge < -0.3 is 35.7 Å². The summed E-state index contributed by atoms with van der Waals surface area (Å²) in [7, 11) is 0. The Kier molecular flexibility index (Phi) is 17.7. The molecule has 216 valence electrons. The fraction of sp³-hybridized carbons (Fsp3) is 1.00. The smallest absolute Gasteiger partial charge is 0.276 e. The van der Waals surface area contributed by atoms with Crippen LogP contribution in [0.3, 0.4) is 0 Å². The van der Waals surface area contributed by atoms with E-state index >= 15 is 0 Å². The van der Waals surface area contributed by atoms with Gasteiger partial charge >= 0.3 is 0 Å². The minimum absolute atomic E-state index is 0.0774. The third-order valence-corrected chi connectivity index (χ3v) is 8.04. The van der Waals surface area contributed by atoms with E-state index in [-0.39, 0.29) is 6.42 Å². The van der Waals surface area contributed by atoms with Gasteiger partial charge in [0.1, 0.15) is 6.10 Å². The first-order valence-electron chi connectivity index (χ1n) is 15.2. The highest BCUT2D eigenvalue weighted by Crippen LogP contribution is 2.35. The van der Waals surface area contributed by atoms with Crippen LogP contribution in [-0.4, -0.2) is 59.2 Å². The van der Waals surface area contributed by atoms with Crippen molar-refractivity contribution in [2.45, 2.75) is 184 Å². The summed E-state index contributed by atoms with van der Waals surface area (Å²) in [5.41, 5.74) is 0. The third-order valence-electron chi connectivity index (χ3n) is 8.04. The van der Waals surface area contributed by atoms with Gasteiger partial charge in [-0.15, -0.1) is 0 Å². The van der Waals surface area contributed by atoms with Crippen molar-refractivity contribution in [1.29, 1.82) is 0 Å². The van der Waals surface area contributed by atoms with Gasteiger partial charge in [-0.25, -0.2) is 0 Å². The maximum absolute atomic E-state index is 10.3. The Morgan fingerprint density at radius 1 is 0.361 bits per heavy atom. The molecule has 0 saturated heterocycles. The molecular formula is C29H58O7. The highest BCUT2D eigenvalue weighted by molar-refractivity contribution is 4.97. The van der Waals surface area contributed by atoms with Crippen molar-refractivity contribution >= 4 is 0 Å². The molecule has 0 aromatic heterocycles. The monoisotopic (exact) mass is 518 g/mol. The van der Waals surface area contributed by atoms with Crippen molar-refractivity contribution < 1.29 is 35.7 Å². The molecular weight excluding hydrogens is 460 g/mol. The fourth-order valence-electron chi connectivity index (χ4n) is 5.32. The van der Waals surface area contributed by atoms with Crippen molar-refractivity contribution in [3.05, 3.63) is 0 Å². The minimum atomic E-state index is -3.68. The molecule has 0 radical (unpaired) electrons. The summed E-state index contributed by atoms with van der Waals surface area (Å²) >= 11 is 0. The number of rotatable bonds is 0. The molecule has 1 fully saturated rings. The molecule has 1 unspecified atom stereocenters. The fourth-order valence-corrected chi connectivity index (χ4v) is 5.32. The van der Waals surface area contributed by atoms with E-state index in [0.717, 1.165) is 38.5 Å². The van der Waals surface area contributed by atoms with E-state index in [0.29, 0.717) is 19.3 Å². The molecule has 0 spiro atoms. The first-order chi connectivity index (χ1) is 17.1. The molecule has 0 aromatic carbocycles. The van der Waals surface area contributed by atoms with Crippen LogP contribution in [0.1, 0.15) is 161 Å². The van der Waals surface area contributed by atoms with Crippen molar-refractivity contribution in [2.24, 2.45) is 0 Å². The van der Waals surface area contributed by atoms with E-state index in [1.807, 2.05) is 0 Å². The molecule has 0 aromatic rings. The Morgan fingerprint density at radius 2 is 0.611 bits per heavy atom. The zero-order valence-electron chi connectivity index (χ0n) is 22.9. The molecule has 7 heteroatoms. The molecule has 1 saturated carbocycles. The van der Waals surface area contributed by atoms with Gasteiger partial charge in [0, 0.05) is 6.42 Å². The zero-order chi connectivity index (χ0) is 26.8. The van der Waals surface area contributed by atoms with Crippen LogP contribution < -0.4 is 0 Å². The van der Waals surface area contributed by atoms with Crippen molar-refractivity contribution in [2.75, 3.05) is 0 Å². The summed E-state index contributed by atoms with van der Waals surface area (Å²) in [5, 5.41) is 71.8. The third kappa shape index (κ3) is 13.0. The van der Waals surface area contributed by atoms with E-state index in [1.165, 1.54) is 89.9 Å². The van der Waals surface area contributed by atoms with Crippen LogP contribution in [-0.2, 0) is 0 Å². The van der Waals surface area contributed by atoms with E-state index in [4.69, 9.17) is 0 Å². The number of hydrogen-bond donors (Lipinski definition) is 7. The summed E-state index contributed by atoms with van der Waals surface area (Å²) in [4.78, 5) is 0. The molecule has 7 N–H and O–H groups in total. The lowest BCUT2D eigenvalue weighted by Crippen LogP contribution is -2.72. The van der Waals surface area contributed by atoms with E-state index < -0.39 is 29.9 Å². The molecule has 1 aliphatic rings. The first kappa shape index (κ1) is 33.7. The largest absolute Gasteiger partial charge is 0.387 e. The highest BCUT2D eigenvalue weighted by Gasteiger charge is 2.63. The lowest BCUT2D eigenvalue weighted by atomic mass is 9.86. The average molecular weight is 519 g/mol.